The van der Waals surface area contributed by atoms with E-state index in [2.05, 4.69) is 26.4 Å². The highest BCUT2D eigenvalue weighted by molar-refractivity contribution is 8.02. The molecule has 0 unspecified atom stereocenters. The van der Waals surface area contributed by atoms with Gasteiger partial charge in [0.2, 0.25) is 0 Å². The second-order valence-electron chi connectivity index (χ2n) is 3.17. The first-order valence-electron chi connectivity index (χ1n) is 3.95. The van der Waals surface area contributed by atoms with E-state index in [9.17, 15) is 0 Å². The van der Waals surface area contributed by atoms with Crippen molar-refractivity contribution in [3.8, 4) is 0 Å². The summed E-state index contributed by atoms with van der Waals surface area (Å²) in [6.45, 7) is 4.11. The highest BCUT2D eigenvalue weighted by atomic mass is 35.5. The molecule has 0 bridgehead atoms. The van der Waals surface area contributed by atoms with Crippen molar-refractivity contribution in [3.05, 3.63) is 11.3 Å². The summed E-state index contributed by atoms with van der Waals surface area (Å²) >= 11 is 1.80. The summed E-state index contributed by atoms with van der Waals surface area (Å²) in [6.07, 6.45) is 0. The van der Waals surface area contributed by atoms with Crippen LogP contribution >= 0.6 is 11.8 Å². The zero-order chi connectivity index (χ0) is 8.32. The van der Waals surface area contributed by atoms with Gasteiger partial charge in [0.15, 0.2) is 0 Å². The molecule has 0 saturated carbocycles. The summed E-state index contributed by atoms with van der Waals surface area (Å²) in [7, 11) is 4.35. The summed E-state index contributed by atoms with van der Waals surface area (Å²) in [5, 5.41) is 2.13. The molecule has 0 aromatic rings. The molecule has 1 aliphatic rings. The molecule has 0 radical (unpaired) electrons. The average Bonchev–Trinajstić information content (AvgIpc) is 2.25. The Morgan fingerprint density at radius 2 is 2.25 bits per heavy atom. The first-order valence-corrected chi connectivity index (χ1v) is 5.00. The van der Waals surface area contributed by atoms with E-state index < -0.39 is 0 Å². The van der Waals surface area contributed by atoms with Gasteiger partial charge in [-0.2, -0.15) is 0 Å². The molecule has 4 heteroatoms. The number of ether oxygens (including phenoxy) is 1. The van der Waals surface area contributed by atoms with Crippen LogP contribution in [0.1, 0.15) is 6.92 Å². The van der Waals surface area contributed by atoms with Crippen LogP contribution in [0.5, 0.6) is 0 Å². The van der Waals surface area contributed by atoms with Crippen molar-refractivity contribution >= 4 is 11.8 Å². The Morgan fingerprint density at radius 1 is 1.58 bits per heavy atom. The molecule has 1 fully saturated rings. The number of likely N-dealkylation sites (N-methyl/N-ethyl adjacent to an activating group) is 1. The lowest BCUT2D eigenvalue weighted by Crippen LogP contribution is -3.00. The Bertz CT molecular complexity index is 170. The van der Waals surface area contributed by atoms with E-state index in [1.54, 1.807) is 11.8 Å². The third-order valence-corrected chi connectivity index (χ3v) is 2.55. The normalized spacial score (nSPS) is 23.4. The minimum Gasteiger partial charge on any atom is -1.00 e. The zero-order valence-electron chi connectivity index (χ0n) is 7.84. The number of hydrogen-bond donors (Lipinski definition) is 0. The van der Waals surface area contributed by atoms with Gasteiger partial charge >= 0.3 is 0 Å². The topological polar surface area (TPSA) is 9.23 Å². The molecule has 1 aliphatic heterocycles. The molecule has 72 valence electrons. The molecule has 0 aromatic carbocycles. The fourth-order valence-corrected chi connectivity index (χ4v) is 1.66. The summed E-state index contributed by atoms with van der Waals surface area (Å²) in [5.74, 6) is 2.23. The number of rotatable bonds is 2. The largest absolute Gasteiger partial charge is 1.00 e. The molecule has 1 rings (SSSR count). The number of halogens is 1. The predicted molar refractivity (Wildman–Crippen MR) is 49.1 cm³/mol. The molecular weight excluding hydrogens is 194 g/mol. The van der Waals surface area contributed by atoms with E-state index >= 15 is 0 Å². The van der Waals surface area contributed by atoms with Crippen LogP contribution in [0, 0.1) is 0 Å². The van der Waals surface area contributed by atoms with Crippen LogP contribution in [0.2, 0.25) is 0 Å². The number of thioether (sulfide) groups is 1. The van der Waals surface area contributed by atoms with E-state index in [0.717, 1.165) is 29.3 Å². The number of nitrogens with zero attached hydrogens (tertiary/aromatic N) is 1. The average molecular weight is 210 g/mol. The maximum absolute atomic E-state index is 5.48. The van der Waals surface area contributed by atoms with Gasteiger partial charge < -0.3 is 17.1 Å². The molecule has 0 amide bonds. The first-order chi connectivity index (χ1) is 5.17. The monoisotopic (exact) mass is 209 g/mol. The molecule has 12 heavy (non-hydrogen) atoms. The van der Waals surface area contributed by atoms with Gasteiger partial charge in [-0.25, -0.2) is 0 Å². The Kier molecular flexibility index (Phi) is 5.06. The van der Waals surface area contributed by atoms with Crippen LogP contribution < -0.4 is 12.4 Å². The van der Waals surface area contributed by atoms with Crippen LogP contribution in [-0.2, 0) is 4.74 Å². The Balaban J connectivity index is 0.00000121. The van der Waals surface area contributed by atoms with Crippen molar-refractivity contribution in [3.63, 3.8) is 0 Å². The van der Waals surface area contributed by atoms with Crippen LogP contribution in [-0.4, -0.2) is 37.5 Å². The van der Waals surface area contributed by atoms with Gasteiger partial charge in [0.1, 0.15) is 13.2 Å². The van der Waals surface area contributed by atoms with E-state index in [1.165, 1.54) is 0 Å². The standard InChI is InChI=1S/C8H16NOS.ClH/c1-4-11-7-8-9(2,3)5-6-10-8;/h7H,4-6H2,1-3H3;1H/q+1;/p-1. The van der Waals surface area contributed by atoms with Crippen LogP contribution in [0.4, 0.5) is 0 Å². The first kappa shape index (κ1) is 12.1. The van der Waals surface area contributed by atoms with Crippen molar-refractivity contribution in [1.29, 1.82) is 0 Å². The second-order valence-corrected chi connectivity index (χ2v) is 4.31. The maximum atomic E-state index is 5.48. The van der Waals surface area contributed by atoms with E-state index in [4.69, 9.17) is 4.74 Å². The SMILES string of the molecule is CCSC=C1OCC[N+]1(C)C.[Cl-]. The summed E-state index contributed by atoms with van der Waals surface area (Å²) in [5.41, 5.74) is 0. The Morgan fingerprint density at radius 3 is 2.67 bits per heavy atom. The molecule has 0 aromatic heterocycles. The fourth-order valence-electron chi connectivity index (χ4n) is 0.995. The molecule has 2 nitrogen and oxygen atoms in total. The van der Waals surface area contributed by atoms with Crippen LogP contribution in [0.15, 0.2) is 11.3 Å². The van der Waals surface area contributed by atoms with Crippen molar-refractivity contribution in [2.75, 3.05) is 33.0 Å². The van der Waals surface area contributed by atoms with Gasteiger partial charge in [-0.15, -0.1) is 11.8 Å². The molecule has 0 spiro atoms. The molecule has 0 atom stereocenters. The highest BCUT2D eigenvalue weighted by Gasteiger charge is 2.30. The third kappa shape index (κ3) is 2.88. The summed E-state index contributed by atoms with van der Waals surface area (Å²) in [6, 6.07) is 0. The van der Waals surface area contributed by atoms with Gasteiger partial charge in [-0.3, -0.25) is 4.48 Å². The zero-order valence-corrected chi connectivity index (χ0v) is 9.41. The lowest BCUT2D eigenvalue weighted by molar-refractivity contribution is -0.847. The molecule has 0 N–H and O–H groups in total. The number of hydrogen-bond acceptors (Lipinski definition) is 2. The Hall–Kier alpha value is 0.140. The highest BCUT2D eigenvalue weighted by Crippen LogP contribution is 2.22. The Labute approximate surface area is 85.0 Å². The van der Waals surface area contributed by atoms with Gasteiger partial charge in [0, 0.05) is 0 Å². The lowest BCUT2D eigenvalue weighted by Gasteiger charge is -2.20. The van der Waals surface area contributed by atoms with Gasteiger partial charge in [0.25, 0.3) is 5.88 Å². The molecule has 1 saturated heterocycles. The predicted octanol–water partition coefficient (Wildman–Crippen LogP) is -1.35. The van der Waals surface area contributed by atoms with Gasteiger partial charge in [-0.1, -0.05) is 6.92 Å². The van der Waals surface area contributed by atoms with Crippen molar-refractivity contribution in [2.24, 2.45) is 0 Å². The van der Waals surface area contributed by atoms with Crippen molar-refractivity contribution < 1.29 is 21.6 Å². The smallest absolute Gasteiger partial charge is 0.297 e. The van der Waals surface area contributed by atoms with Crippen molar-refractivity contribution in [1.82, 2.24) is 0 Å². The minimum absolute atomic E-state index is 0. The quantitative estimate of drug-likeness (QED) is 0.521. The fraction of sp³-hybridized carbons (Fsp3) is 0.750. The molecular formula is C8H16ClNOS. The second kappa shape index (κ2) is 5.00. The van der Waals surface area contributed by atoms with E-state index in [-0.39, 0.29) is 12.4 Å². The third-order valence-electron chi connectivity index (χ3n) is 1.85. The lowest BCUT2D eigenvalue weighted by atomic mass is 10.5. The number of quaternary nitrogens is 1. The maximum Gasteiger partial charge on any atom is 0.297 e. The van der Waals surface area contributed by atoms with Crippen LogP contribution in [0.3, 0.4) is 0 Å². The van der Waals surface area contributed by atoms with Crippen LogP contribution in [0.25, 0.3) is 0 Å². The molecule has 0 aliphatic carbocycles. The molecule has 1 heterocycles. The summed E-state index contributed by atoms with van der Waals surface area (Å²) in [4.78, 5) is 0. The van der Waals surface area contributed by atoms with Crippen molar-refractivity contribution in [2.45, 2.75) is 6.92 Å². The summed E-state index contributed by atoms with van der Waals surface area (Å²) < 4.78 is 6.38. The van der Waals surface area contributed by atoms with Gasteiger partial charge in [-0.05, 0) is 5.75 Å². The van der Waals surface area contributed by atoms with E-state index in [0.29, 0.717) is 0 Å². The minimum atomic E-state index is 0. The van der Waals surface area contributed by atoms with E-state index in [1.807, 2.05) is 0 Å². The van der Waals surface area contributed by atoms with Gasteiger partial charge in [0.05, 0.1) is 19.5 Å².